The lowest BCUT2D eigenvalue weighted by Crippen LogP contribution is -2.23. The number of carbonyl (C=O) groups excluding carboxylic acids is 1. The summed E-state index contributed by atoms with van der Waals surface area (Å²) in [6.45, 7) is 2.39. The van der Waals surface area contributed by atoms with Gasteiger partial charge in [0, 0.05) is 30.2 Å². The van der Waals surface area contributed by atoms with Gasteiger partial charge in [-0.2, -0.15) is 4.37 Å². The lowest BCUT2D eigenvalue weighted by atomic mass is 10.00. The minimum atomic E-state index is -4.11. The molecule has 1 unspecified atom stereocenters. The van der Waals surface area contributed by atoms with E-state index < -0.39 is 10.0 Å². The molecule has 2 aromatic carbocycles. The number of nitrogens with two attached hydrogens (primary N) is 1. The molecule has 1 aromatic heterocycles. The molecular weight excluding hydrogens is 486 g/mol. The highest BCUT2D eigenvalue weighted by atomic mass is 35.5. The van der Waals surface area contributed by atoms with Crippen molar-refractivity contribution in [1.82, 2.24) is 9.36 Å². The summed E-state index contributed by atoms with van der Waals surface area (Å²) in [6.07, 6.45) is 1.22. The SMILES string of the molecule is CC(c1ccccc1C#CCN)N(C)c1cc(Cl)c(S(=O)(=O)Nc2ncns2)cc1OC=O. The van der Waals surface area contributed by atoms with Crippen LogP contribution in [0.3, 0.4) is 0 Å². The zero-order valence-corrected chi connectivity index (χ0v) is 20.0. The molecule has 0 aliphatic carbocycles. The fourth-order valence-electron chi connectivity index (χ4n) is 3.08. The van der Waals surface area contributed by atoms with Crippen molar-refractivity contribution in [3.05, 3.63) is 58.9 Å². The second-order valence-electron chi connectivity index (χ2n) is 6.70. The summed E-state index contributed by atoms with van der Waals surface area (Å²) in [5.74, 6) is 5.91. The van der Waals surface area contributed by atoms with Gasteiger partial charge in [-0.3, -0.25) is 9.52 Å². The monoisotopic (exact) mass is 505 g/mol. The van der Waals surface area contributed by atoms with Crippen LogP contribution >= 0.6 is 23.1 Å². The number of benzene rings is 2. The summed E-state index contributed by atoms with van der Waals surface area (Å²) in [6, 6.07) is 9.96. The lowest BCUT2D eigenvalue weighted by Gasteiger charge is -2.29. The maximum Gasteiger partial charge on any atom is 0.298 e. The van der Waals surface area contributed by atoms with Crippen LogP contribution in [0.4, 0.5) is 10.8 Å². The number of hydrogen-bond acceptors (Lipinski definition) is 9. The third-order valence-electron chi connectivity index (χ3n) is 4.76. The molecule has 0 aliphatic heterocycles. The first-order chi connectivity index (χ1) is 15.8. The van der Waals surface area contributed by atoms with E-state index in [0.29, 0.717) is 5.69 Å². The number of nitrogens with zero attached hydrogens (tertiary/aromatic N) is 3. The molecule has 0 saturated carbocycles. The van der Waals surface area contributed by atoms with Crippen molar-refractivity contribution >= 4 is 50.4 Å². The molecule has 1 heterocycles. The predicted octanol–water partition coefficient (Wildman–Crippen LogP) is 3.04. The number of ether oxygens (including phenoxy) is 1. The molecular formula is C21H20ClN5O4S2. The average molecular weight is 506 g/mol. The zero-order valence-electron chi connectivity index (χ0n) is 17.6. The molecule has 0 radical (unpaired) electrons. The van der Waals surface area contributed by atoms with Crippen LogP contribution in [0.2, 0.25) is 5.02 Å². The van der Waals surface area contributed by atoms with Crippen molar-refractivity contribution in [2.24, 2.45) is 5.73 Å². The first kappa shape index (κ1) is 24.5. The number of carbonyl (C=O) groups is 1. The Bertz CT molecular complexity index is 1300. The van der Waals surface area contributed by atoms with Gasteiger partial charge in [0.05, 0.1) is 23.3 Å². The van der Waals surface area contributed by atoms with Gasteiger partial charge in [-0.25, -0.2) is 13.4 Å². The van der Waals surface area contributed by atoms with Crippen molar-refractivity contribution in [2.45, 2.75) is 17.9 Å². The lowest BCUT2D eigenvalue weighted by molar-refractivity contribution is -0.120. The minimum absolute atomic E-state index is 0.0203. The van der Waals surface area contributed by atoms with E-state index >= 15 is 0 Å². The molecule has 172 valence electrons. The highest BCUT2D eigenvalue weighted by molar-refractivity contribution is 7.93. The predicted molar refractivity (Wildman–Crippen MR) is 128 cm³/mol. The number of aromatic nitrogens is 2. The fraction of sp³-hybridized carbons (Fsp3) is 0.190. The van der Waals surface area contributed by atoms with Crippen LogP contribution in [0.15, 0.2) is 47.6 Å². The van der Waals surface area contributed by atoms with Gasteiger partial charge < -0.3 is 15.4 Å². The van der Waals surface area contributed by atoms with Crippen molar-refractivity contribution < 1.29 is 17.9 Å². The van der Waals surface area contributed by atoms with E-state index in [-0.39, 0.29) is 39.9 Å². The summed E-state index contributed by atoms with van der Waals surface area (Å²) in [5, 5.41) is 0.0180. The summed E-state index contributed by atoms with van der Waals surface area (Å²) in [4.78, 5) is 16.5. The Balaban J connectivity index is 2.03. The maximum absolute atomic E-state index is 12.8. The molecule has 12 heteroatoms. The van der Waals surface area contributed by atoms with Crippen LogP contribution < -0.4 is 20.1 Å². The van der Waals surface area contributed by atoms with E-state index in [9.17, 15) is 13.2 Å². The van der Waals surface area contributed by atoms with E-state index in [4.69, 9.17) is 22.1 Å². The van der Waals surface area contributed by atoms with Crippen LogP contribution in [0, 0.1) is 11.8 Å². The van der Waals surface area contributed by atoms with Crippen molar-refractivity contribution in [1.29, 1.82) is 0 Å². The topological polar surface area (TPSA) is 128 Å². The van der Waals surface area contributed by atoms with Gasteiger partial charge >= 0.3 is 0 Å². The Morgan fingerprint density at radius 1 is 1.36 bits per heavy atom. The molecule has 33 heavy (non-hydrogen) atoms. The van der Waals surface area contributed by atoms with Gasteiger partial charge in [0.1, 0.15) is 11.2 Å². The highest BCUT2D eigenvalue weighted by Gasteiger charge is 2.25. The molecule has 0 fully saturated rings. The smallest absolute Gasteiger partial charge is 0.298 e. The maximum atomic E-state index is 12.8. The van der Waals surface area contributed by atoms with E-state index in [0.717, 1.165) is 22.7 Å². The summed E-state index contributed by atoms with van der Waals surface area (Å²) < 4.78 is 36.8. The number of sulfonamides is 1. The Hall–Kier alpha value is -3.17. The quantitative estimate of drug-likeness (QED) is 0.353. The molecule has 0 amide bonds. The third kappa shape index (κ3) is 5.61. The Morgan fingerprint density at radius 3 is 2.79 bits per heavy atom. The third-order valence-corrected chi connectivity index (χ3v) is 7.27. The Kier molecular flexibility index (Phi) is 7.88. The van der Waals surface area contributed by atoms with E-state index in [2.05, 4.69) is 25.9 Å². The molecule has 1 atom stereocenters. The first-order valence-corrected chi connectivity index (χ1v) is 12.2. The van der Waals surface area contributed by atoms with Gasteiger partial charge in [0.2, 0.25) is 5.13 Å². The first-order valence-electron chi connectivity index (χ1n) is 9.52. The van der Waals surface area contributed by atoms with Gasteiger partial charge in [-0.05, 0) is 24.6 Å². The standard InChI is InChI=1S/C21H20ClN5O4S2/c1-14(16-8-4-3-6-15(16)7-5-9-23)27(2)18-10-17(22)20(11-19(18)31-13-28)33(29,30)26-21-24-12-25-32-21/h3-4,6,8,10-14H,9,23H2,1-2H3,(H,24,25,26). The van der Waals surface area contributed by atoms with Crippen LogP contribution in [0.5, 0.6) is 5.75 Å². The molecule has 0 spiro atoms. The summed E-state index contributed by atoms with van der Waals surface area (Å²) >= 11 is 7.23. The van der Waals surface area contributed by atoms with Crippen LogP contribution in [0.25, 0.3) is 0 Å². The van der Waals surface area contributed by atoms with E-state index in [1.54, 1.807) is 7.05 Å². The van der Waals surface area contributed by atoms with Crippen molar-refractivity contribution in [2.75, 3.05) is 23.2 Å². The minimum Gasteiger partial charge on any atom is -0.426 e. The second kappa shape index (κ2) is 10.6. The van der Waals surface area contributed by atoms with Crippen LogP contribution in [-0.2, 0) is 14.8 Å². The normalized spacial score (nSPS) is 11.8. The average Bonchev–Trinajstić information content (AvgIpc) is 3.30. The van der Waals surface area contributed by atoms with Crippen molar-refractivity contribution in [3.63, 3.8) is 0 Å². The Morgan fingerprint density at radius 2 is 2.12 bits per heavy atom. The number of hydrogen-bond donors (Lipinski definition) is 2. The molecule has 3 N–H and O–H groups in total. The summed E-state index contributed by atoms with van der Waals surface area (Å²) in [7, 11) is -2.33. The van der Waals surface area contributed by atoms with Crippen LogP contribution in [0.1, 0.15) is 24.1 Å². The second-order valence-corrected chi connectivity index (χ2v) is 9.53. The van der Waals surface area contributed by atoms with E-state index in [1.165, 1.54) is 18.5 Å². The summed E-state index contributed by atoms with van der Waals surface area (Å²) in [5.41, 5.74) is 7.62. The van der Waals surface area contributed by atoms with Gasteiger partial charge in [-0.15, -0.1) is 0 Å². The molecule has 3 aromatic rings. The van der Waals surface area contributed by atoms with Crippen LogP contribution in [-0.4, -0.2) is 37.8 Å². The van der Waals surface area contributed by atoms with E-state index in [1.807, 2.05) is 36.1 Å². The zero-order chi connectivity index (χ0) is 24.0. The largest absolute Gasteiger partial charge is 0.426 e. The molecule has 9 nitrogen and oxygen atoms in total. The fourth-order valence-corrected chi connectivity index (χ4v) is 5.28. The number of anilines is 2. The molecule has 3 rings (SSSR count). The van der Waals surface area contributed by atoms with Gasteiger partial charge in [0.25, 0.3) is 16.5 Å². The molecule has 0 aliphatic rings. The number of rotatable bonds is 8. The van der Waals surface area contributed by atoms with Gasteiger partial charge in [-0.1, -0.05) is 41.6 Å². The Labute approximate surface area is 200 Å². The molecule has 0 saturated heterocycles. The number of nitrogens with one attached hydrogen (secondary N) is 1. The number of halogens is 1. The van der Waals surface area contributed by atoms with Gasteiger partial charge in [0.15, 0.2) is 5.75 Å². The van der Waals surface area contributed by atoms with Crippen molar-refractivity contribution in [3.8, 4) is 17.6 Å². The molecule has 0 bridgehead atoms. The highest BCUT2D eigenvalue weighted by Crippen LogP contribution is 2.39.